The molecule has 1 fully saturated rings. The van der Waals surface area contributed by atoms with Gasteiger partial charge in [-0.1, -0.05) is 0 Å². The highest BCUT2D eigenvalue weighted by molar-refractivity contribution is 5.07. The Bertz CT molecular complexity index is 583. The fraction of sp³-hybridized carbons (Fsp3) is 0.600. The van der Waals surface area contributed by atoms with E-state index in [1.165, 1.54) is 5.69 Å². The molecule has 2 aromatic heterocycles. The van der Waals surface area contributed by atoms with Crippen molar-refractivity contribution >= 4 is 0 Å². The standard InChI is InChI=1S/C15H23N5O/c1-12-8-13(2)20(18-12)6-3-5-19-11-17-9-14(19)15-10-16-4-7-21-15/h8-9,11,15-16H,3-7,10H2,1-2H3. The van der Waals surface area contributed by atoms with Crippen molar-refractivity contribution in [1.82, 2.24) is 24.6 Å². The molecule has 0 radical (unpaired) electrons. The second kappa shape index (κ2) is 6.41. The molecule has 6 heteroatoms. The Morgan fingerprint density at radius 3 is 3.00 bits per heavy atom. The van der Waals surface area contributed by atoms with Crippen LogP contribution in [-0.2, 0) is 17.8 Å². The third-order valence-electron chi connectivity index (χ3n) is 3.87. The second-order valence-electron chi connectivity index (χ2n) is 5.58. The fourth-order valence-electron chi connectivity index (χ4n) is 2.83. The van der Waals surface area contributed by atoms with Crippen molar-refractivity contribution in [2.75, 3.05) is 19.7 Å². The molecule has 1 unspecified atom stereocenters. The van der Waals surface area contributed by atoms with Crippen LogP contribution >= 0.6 is 0 Å². The largest absolute Gasteiger partial charge is 0.369 e. The van der Waals surface area contributed by atoms with Crippen LogP contribution in [0.2, 0.25) is 0 Å². The van der Waals surface area contributed by atoms with Crippen molar-refractivity contribution < 1.29 is 4.74 Å². The van der Waals surface area contributed by atoms with Gasteiger partial charge in [-0.2, -0.15) is 5.10 Å². The topological polar surface area (TPSA) is 56.9 Å². The molecule has 1 atom stereocenters. The molecule has 1 aliphatic heterocycles. The van der Waals surface area contributed by atoms with Gasteiger partial charge in [0.2, 0.25) is 0 Å². The molecule has 2 aromatic rings. The quantitative estimate of drug-likeness (QED) is 0.905. The molecule has 0 amide bonds. The summed E-state index contributed by atoms with van der Waals surface area (Å²) in [5.74, 6) is 0. The summed E-state index contributed by atoms with van der Waals surface area (Å²) in [5, 5.41) is 7.86. The zero-order chi connectivity index (χ0) is 14.7. The molecule has 3 heterocycles. The lowest BCUT2D eigenvalue weighted by atomic mass is 10.2. The summed E-state index contributed by atoms with van der Waals surface area (Å²) in [6, 6.07) is 2.12. The second-order valence-corrected chi connectivity index (χ2v) is 5.58. The van der Waals surface area contributed by atoms with Gasteiger partial charge >= 0.3 is 0 Å². The summed E-state index contributed by atoms with van der Waals surface area (Å²) in [5.41, 5.74) is 3.46. The van der Waals surface area contributed by atoms with E-state index in [0.29, 0.717) is 0 Å². The van der Waals surface area contributed by atoms with Crippen molar-refractivity contribution in [3.63, 3.8) is 0 Å². The minimum Gasteiger partial charge on any atom is -0.369 e. The average Bonchev–Trinajstić information content (AvgIpc) is 3.07. The molecule has 114 valence electrons. The van der Waals surface area contributed by atoms with Gasteiger partial charge < -0.3 is 14.6 Å². The number of hydrogen-bond donors (Lipinski definition) is 1. The highest BCUT2D eigenvalue weighted by Gasteiger charge is 2.19. The smallest absolute Gasteiger partial charge is 0.111 e. The van der Waals surface area contributed by atoms with Gasteiger partial charge in [-0.3, -0.25) is 4.68 Å². The number of nitrogens with one attached hydrogen (secondary N) is 1. The van der Waals surface area contributed by atoms with E-state index in [2.05, 4.69) is 37.6 Å². The lowest BCUT2D eigenvalue weighted by Crippen LogP contribution is -2.34. The average molecular weight is 289 g/mol. The third-order valence-corrected chi connectivity index (χ3v) is 3.87. The summed E-state index contributed by atoms with van der Waals surface area (Å²) in [4.78, 5) is 4.28. The predicted octanol–water partition coefficient (Wildman–Crippen LogP) is 1.45. The summed E-state index contributed by atoms with van der Waals surface area (Å²) >= 11 is 0. The van der Waals surface area contributed by atoms with Crippen molar-refractivity contribution in [2.24, 2.45) is 0 Å². The monoisotopic (exact) mass is 289 g/mol. The van der Waals surface area contributed by atoms with Crippen LogP contribution < -0.4 is 5.32 Å². The van der Waals surface area contributed by atoms with E-state index >= 15 is 0 Å². The molecule has 1 saturated heterocycles. The van der Waals surface area contributed by atoms with E-state index < -0.39 is 0 Å². The first-order chi connectivity index (χ1) is 10.2. The van der Waals surface area contributed by atoms with Gasteiger partial charge in [0.25, 0.3) is 0 Å². The number of imidazole rings is 1. The molecule has 21 heavy (non-hydrogen) atoms. The van der Waals surface area contributed by atoms with Gasteiger partial charge in [-0.15, -0.1) is 0 Å². The Labute approximate surface area is 125 Å². The van der Waals surface area contributed by atoms with Gasteiger partial charge in [-0.05, 0) is 26.3 Å². The van der Waals surface area contributed by atoms with Crippen LogP contribution in [0.1, 0.15) is 29.6 Å². The first kappa shape index (κ1) is 14.3. The summed E-state index contributed by atoms with van der Waals surface area (Å²) in [7, 11) is 0. The van der Waals surface area contributed by atoms with Crippen molar-refractivity contribution in [1.29, 1.82) is 0 Å². The number of morpholine rings is 1. The Morgan fingerprint density at radius 2 is 2.29 bits per heavy atom. The number of ether oxygens (including phenoxy) is 1. The van der Waals surface area contributed by atoms with Gasteiger partial charge in [0, 0.05) is 31.9 Å². The maximum atomic E-state index is 5.81. The van der Waals surface area contributed by atoms with E-state index in [0.717, 1.165) is 50.6 Å². The molecule has 6 nitrogen and oxygen atoms in total. The summed E-state index contributed by atoms with van der Waals surface area (Å²) in [6.45, 7) is 8.57. The molecular weight excluding hydrogens is 266 g/mol. The highest BCUT2D eigenvalue weighted by atomic mass is 16.5. The molecule has 1 aliphatic rings. The van der Waals surface area contributed by atoms with Gasteiger partial charge in [0.1, 0.15) is 6.10 Å². The van der Waals surface area contributed by atoms with E-state index in [9.17, 15) is 0 Å². The van der Waals surface area contributed by atoms with Crippen LogP contribution in [0.3, 0.4) is 0 Å². The number of hydrogen-bond acceptors (Lipinski definition) is 4. The van der Waals surface area contributed by atoms with Crippen molar-refractivity contribution in [2.45, 2.75) is 39.5 Å². The minimum atomic E-state index is 0.120. The van der Waals surface area contributed by atoms with E-state index in [-0.39, 0.29) is 6.10 Å². The number of aromatic nitrogens is 4. The number of nitrogens with zero attached hydrogens (tertiary/aromatic N) is 4. The maximum absolute atomic E-state index is 5.81. The molecular formula is C15H23N5O. The molecule has 0 aliphatic carbocycles. The van der Waals surface area contributed by atoms with Crippen molar-refractivity contribution in [3.8, 4) is 0 Å². The molecule has 0 saturated carbocycles. The van der Waals surface area contributed by atoms with Crippen LogP contribution in [0.5, 0.6) is 0 Å². The maximum Gasteiger partial charge on any atom is 0.111 e. The normalized spacial score (nSPS) is 19.0. The first-order valence-corrected chi connectivity index (χ1v) is 7.57. The molecule has 0 bridgehead atoms. The molecule has 3 rings (SSSR count). The van der Waals surface area contributed by atoms with E-state index in [1.54, 1.807) is 0 Å². The fourth-order valence-corrected chi connectivity index (χ4v) is 2.83. The van der Waals surface area contributed by atoms with Gasteiger partial charge in [-0.25, -0.2) is 4.98 Å². The Kier molecular flexibility index (Phi) is 4.36. The van der Waals surface area contributed by atoms with Gasteiger partial charge in [0.15, 0.2) is 0 Å². The summed E-state index contributed by atoms with van der Waals surface area (Å²) in [6.07, 6.45) is 4.97. The van der Waals surface area contributed by atoms with Crippen LogP contribution in [0.15, 0.2) is 18.6 Å². The van der Waals surface area contributed by atoms with Crippen molar-refractivity contribution in [3.05, 3.63) is 35.7 Å². The van der Waals surface area contributed by atoms with Crippen LogP contribution in [0, 0.1) is 13.8 Å². The first-order valence-electron chi connectivity index (χ1n) is 7.57. The lowest BCUT2D eigenvalue weighted by Gasteiger charge is -2.24. The minimum absolute atomic E-state index is 0.120. The van der Waals surface area contributed by atoms with E-state index in [1.807, 2.05) is 19.4 Å². The van der Waals surface area contributed by atoms with Crippen LogP contribution in [-0.4, -0.2) is 39.0 Å². The Morgan fingerprint density at radius 1 is 1.38 bits per heavy atom. The molecule has 1 N–H and O–H groups in total. The molecule has 0 spiro atoms. The Balaban J connectivity index is 1.58. The SMILES string of the molecule is Cc1cc(C)n(CCCn2cncc2C2CNCCO2)n1. The number of rotatable bonds is 5. The predicted molar refractivity (Wildman–Crippen MR) is 80.1 cm³/mol. The zero-order valence-corrected chi connectivity index (χ0v) is 12.7. The van der Waals surface area contributed by atoms with Crippen LogP contribution in [0.25, 0.3) is 0 Å². The highest BCUT2D eigenvalue weighted by Crippen LogP contribution is 2.18. The van der Waals surface area contributed by atoms with Gasteiger partial charge in [0.05, 0.1) is 30.5 Å². The Hall–Kier alpha value is -1.66. The number of aryl methyl sites for hydroxylation is 4. The zero-order valence-electron chi connectivity index (χ0n) is 12.7. The van der Waals surface area contributed by atoms with Crippen LogP contribution in [0.4, 0.5) is 0 Å². The molecule has 0 aromatic carbocycles. The van der Waals surface area contributed by atoms with E-state index in [4.69, 9.17) is 4.74 Å². The summed E-state index contributed by atoms with van der Waals surface area (Å²) < 4.78 is 10.1. The third kappa shape index (κ3) is 3.33. The lowest BCUT2D eigenvalue weighted by molar-refractivity contribution is 0.0227.